The first-order valence-electron chi connectivity index (χ1n) is 11.9. The summed E-state index contributed by atoms with van der Waals surface area (Å²) in [5.74, 6) is -0.650. The molecule has 0 bridgehead atoms. The predicted molar refractivity (Wildman–Crippen MR) is 137 cm³/mol. The fraction of sp³-hybridized carbons (Fsp3) is 0.241. The number of ether oxygens (including phenoxy) is 1. The molecule has 0 radical (unpaired) electrons. The van der Waals surface area contributed by atoms with Gasteiger partial charge in [-0.15, -0.1) is 0 Å². The lowest BCUT2D eigenvalue weighted by molar-refractivity contribution is 0.0691. The summed E-state index contributed by atoms with van der Waals surface area (Å²) < 4.78 is 6.02. The first-order chi connectivity index (χ1) is 17.1. The normalized spacial score (nSPS) is 11.9. The number of aromatic amines is 1. The van der Waals surface area contributed by atoms with Crippen LogP contribution in [0.25, 0.3) is 10.9 Å². The van der Waals surface area contributed by atoms with E-state index in [1.54, 1.807) is 12.1 Å². The number of aromatic nitrogens is 1. The number of carbonyl (C=O) groups is 2. The van der Waals surface area contributed by atoms with Crippen molar-refractivity contribution in [3.05, 3.63) is 101 Å². The first-order valence-corrected chi connectivity index (χ1v) is 11.9. The highest BCUT2D eigenvalue weighted by molar-refractivity contribution is 6.12. The fourth-order valence-electron chi connectivity index (χ4n) is 4.13. The van der Waals surface area contributed by atoms with Gasteiger partial charge in [-0.05, 0) is 48.7 Å². The second-order valence-corrected chi connectivity index (χ2v) is 8.58. The molecular formula is C29H30N2O4. The standard InChI is InChI=1S/C29H30N2O4/c1-2-3-16-30-24(17-20-10-6-4-7-11-20)28(32)22-14-15-26(35-19-21-12-8-5-9-13-21)27-23(22)18-25(31-27)29(33)34/h4-15,18,24,30-31H,2-3,16-17,19H2,1H3,(H,33,34). The van der Waals surface area contributed by atoms with Crippen LogP contribution in [0.3, 0.4) is 0 Å². The van der Waals surface area contributed by atoms with Crippen molar-refractivity contribution >= 4 is 22.7 Å². The smallest absolute Gasteiger partial charge is 0.352 e. The van der Waals surface area contributed by atoms with Crippen molar-refractivity contribution in [1.82, 2.24) is 10.3 Å². The van der Waals surface area contributed by atoms with Crippen LogP contribution >= 0.6 is 0 Å². The van der Waals surface area contributed by atoms with E-state index in [9.17, 15) is 14.7 Å². The zero-order chi connectivity index (χ0) is 24.6. The first kappa shape index (κ1) is 24.2. The van der Waals surface area contributed by atoms with Gasteiger partial charge in [0.25, 0.3) is 0 Å². The largest absolute Gasteiger partial charge is 0.487 e. The maximum absolute atomic E-state index is 13.8. The van der Waals surface area contributed by atoms with E-state index in [4.69, 9.17) is 4.74 Å². The van der Waals surface area contributed by atoms with E-state index < -0.39 is 12.0 Å². The van der Waals surface area contributed by atoms with Gasteiger partial charge in [0.15, 0.2) is 5.78 Å². The van der Waals surface area contributed by atoms with E-state index in [-0.39, 0.29) is 11.5 Å². The van der Waals surface area contributed by atoms with E-state index in [0.29, 0.717) is 35.2 Å². The minimum atomic E-state index is -1.09. The van der Waals surface area contributed by atoms with E-state index in [1.807, 2.05) is 60.7 Å². The molecule has 0 saturated carbocycles. The summed E-state index contributed by atoms with van der Waals surface area (Å²) in [7, 11) is 0. The van der Waals surface area contributed by atoms with Gasteiger partial charge in [-0.25, -0.2) is 4.79 Å². The summed E-state index contributed by atoms with van der Waals surface area (Å²) in [6.07, 6.45) is 2.54. The summed E-state index contributed by atoms with van der Waals surface area (Å²) in [6, 6.07) is 24.2. The van der Waals surface area contributed by atoms with Crippen molar-refractivity contribution in [2.45, 2.75) is 38.8 Å². The molecule has 4 rings (SSSR count). The van der Waals surface area contributed by atoms with Gasteiger partial charge in [0, 0.05) is 10.9 Å². The Hall–Kier alpha value is -3.90. The van der Waals surface area contributed by atoms with Crippen LogP contribution in [-0.4, -0.2) is 34.4 Å². The van der Waals surface area contributed by atoms with Gasteiger partial charge in [0.05, 0.1) is 11.6 Å². The molecule has 1 aromatic heterocycles. The zero-order valence-electron chi connectivity index (χ0n) is 19.8. The molecule has 0 aliphatic rings. The van der Waals surface area contributed by atoms with Crippen molar-refractivity contribution in [3.8, 4) is 5.75 Å². The van der Waals surface area contributed by atoms with Gasteiger partial charge < -0.3 is 20.1 Å². The molecule has 0 aliphatic carbocycles. The number of aromatic carboxylic acids is 1. The number of nitrogens with one attached hydrogen (secondary N) is 2. The Morgan fingerprint density at radius 3 is 2.31 bits per heavy atom. The summed E-state index contributed by atoms with van der Waals surface area (Å²) >= 11 is 0. The van der Waals surface area contributed by atoms with Gasteiger partial charge in [-0.3, -0.25) is 4.79 Å². The molecule has 0 amide bonds. The second-order valence-electron chi connectivity index (χ2n) is 8.58. The third kappa shape index (κ3) is 5.97. The lowest BCUT2D eigenvalue weighted by atomic mass is 9.95. The van der Waals surface area contributed by atoms with Crippen LogP contribution in [0.1, 0.15) is 51.7 Å². The molecule has 180 valence electrons. The highest BCUT2D eigenvalue weighted by Crippen LogP contribution is 2.31. The third-order valence-corrected chi connectivity index (χ3v) is 6.01. The minimum absolute atomic E-state index is 0.0170. The lowest BCUT2D eigenvalue weighted by Gasteiger charge is -2.19. The number of ketones is 1. The molecule has 3 aromatic carbocycles. The molecule has 3 N–H and O–H groups in total. The summed E-state index contributed by atoms with van der Waals surface area (Å²) in [6.45, 7) is 3.18. The maximum atomic E-state index is 13.8. The van der Waals surface area contributed by atoms with E-state index >= 15 is 0 Å². The average Bonchev–Trinajstić information content (AvgIpc) is 3.34. The van der Waals surface area contributed by atoms with Crippen LogP contribution in [0.5, 0.6) is 5.75 Å². The predicted octanol–water partition coefficient (Wildman–Crippen LogP) is 5.63. The highest BCUT2D eigenvalue weighted by atomic mass is 16.5. The molecule has 35 heavy (non-hydrogen) atoms. The Bertz CT molecular complexity index is 1280. The van der Waals surface area contributed by atoms with E-state index in [0.717, 1.165) is 30.5 Å². The van der Waals surface area contributed by atoms with Crippen molar-refractivity contribution in [2.75, 3.05) is 6.54 Å². The number of Topliss-reactive ketones (excluding diaryl/α,β-unsaturated/α-hetero) is 1. The summed E-state index contributed by atoms with van der Waals surface area (Å²) in [4.78, 5) is 28.4. The monoisotopic (exact) mass is 470 g/mol. The number of hydrogen-bond donors (Lipinski definition) is 3. The molecular weight excluding hydrogens is 440 g/mol. The minimum Gasteiger partial charge on any atom is -0.487 e. The summed E-state index contributed by atoms with van der Waals surface area (Å²) in [5.41, 5.74) is 3.06. The molecule has 0 spiro atoms. The molecule has 0 aliphatic heterocycles. The van der Waals surface area contributed by atoms with Crippen molar-refractivity contribution in [3.63, 3.8) is 0 Å². The lowest BCUT2D eigenvalue weighted by Crippen LogP contribution is -2.39. The molecule has 4 aromatic rings. The number of fused-ring (bicyclic) bond motifs is 1. The molecule has 1 unspecified atom stereocenters. The molecule has 6 heteroatoms. The highest BCUT2D eigenvalue weighted by Gasteiger charge is 2.24. The van der Waals surface area contributed by atoms with E-state index in [1.165, 1.54) is 6.07 Å². The molecule has 1 heterocycles. The molecule has 0 saturated heterocycles. The molecule has 6 nitrogen and oxygen atoms in total. The second kappa shape index (κ2) is 11.5. The number of carboxylic acids is 1. The third-order valence-electron chi connectivity index (χ3n) is 6.01. The number of hydrogen-bond acceptors (Lipinski definition) is 4. The topological polar surface area (TPSA) is 91.4 Å². The van der Waals surface area contributed by atoms with Gasteiger partial charge in [-0.1, -0.05) is 74.0 Å². The fourth-order valence-corrected chi connectivity index (χ4v) is 4.13. The number of carbonyl (C=O) groups excluding carboxylic acids is 1. The van der Waals surface area contributed by atoms with Crippen molar-refractivity contribution in [2.24, 2.45) is 0 Å². The Kier molecular flexibility index (Phi) is 7.95. The van der Waals surface area contributed by atoms with Crippen molar-refractivity contribution < 1.29 is 19.4 Å². The Labute approximate surface area is 205 Å². The van der Waals surface area contributed by atoms with Crippen LogP contribution in [0.2, 0.25) is 0 Å². The summed E-state index contributed by atoms with van der Waals surface area (Å²) in [5, 5.41) is 13.6. The maximum Gasteiger partial charge on any atom is 0.352 e. The van der Waals surface area contributed by atoms with E-state index in [2.05, 4.69) is 17.2 Å². The zero-order valence-corrected chi connectivity index (χ0v) is 19.8. The van der Waals surface area contributed by atoms with Crippen LogP contribution in [-0.2, 0) is 13.0 Å². The number of unbranched alkanes of at least 4 members (excludes halogenated alkanes) is 1. The average molecular weight is 471 g/mol. The van der Waals surface area contributed by atoms with Gasteiger partial charge >= 0.3 is 5.97 Å². The van der Waals surface area contributed by atoms with Gasteiger partial charge in [0.1, 0.15) is 18.1 Å². The molecule has 0 fully saturated rings. The number of benzene rings is 3. The number of carboxylic acid groups (broad SMARTS) is 1. The van der Waals surface area contributed by atoms with Crippen LogP contribution in [0.4, 0.5) is 0 Å². The Morgan fingerprint density at radius 1 is 0.971 bits per heavy atom. The van der Waals surface area contributed by atoms with Gasteiger partial charge in [-0.2, -0.15) is 0 Å². The quantitative estimate of drug-likeness (QED) is 0.184. The van der Waals surface area contributed by atoms with Crippen LogP contribution in [0.15, 0.2) is 78.9 Å². The van der Waals surface area contributed by atoms with Crippen molar-refractivity contribution in [1.29, 1.82) is 0 Å². The Balaban J connectivity index is 1.67. The Morgan fingerprint density at radius 2 is 1.66 bits per heavy atom. The number of rotatable bonds is 12. The SMILES string of the molecule is CCCCNC(Cc1ccccc1)C(=O)c1ccc(OCc2ccccc2)c2[nH]c(C(=O)O)cc12. The number of H-pyrrole nitrogens is 1. The van der Waals surface area contributed by atoms with Gasteiger partial charge in [0.2, 0.25) is 0 Å². The van der Waals surface area contributed by atoms with Crippen LogP contribution < -0.4 is 10.1 Å². The molecule has 1 atom stereocenters. The van der Waals surface area contributed by atoms with Crippen LogP contribution in [0, 0.1) is 0 Å².